The Morgan fingerprint density at radius 2 is 1.55 bits per heavy atom. The van der Waals surface area contributed by atoms with Crippen molar-refractivity contribution in [3.05, 3.63) is 0 Å². The predicted octanol–water partition coefficient (Wildman–Crippen LogP) is -0.455. The van der Waals surface area contributed by atoms with E-state index in [0.717, 1.165) is 7.11 Å². The average molecular weight is 187 g/mol. The second kappa shape index (κ2) is 6.50. The van der Waals surface area contributed by atoms with Crippen LogP contribution in [-0.2, 0) is 19.6 Å². The van der Waals surface area contributed by atoms with Gasteiger partial charge in [-0.3, -0.25) is 4.55 Å². The van der Waals surface area contributed by atoms with Gasteiger partial charge in [0, 0.05) is 0 Å². The molecule has 0 aromatic rings. The third-order valence-electron chi connectivity index (χ3n) is 0.154. The zero-order valence-electron chi connectivity index (χ0n) is 6.94. The van der Waals surface area contributed by atoms with E-state index in [4.69, 9.17) is 4.55 Å². The van der Waals surface area contributed by atoms with Crippen molar-refractivity contribution < 1.29 is 22.2 Å². The van der Waals surface area contributed by atoms with E-state index in [2.05, 4.69) is 9.22 Å². The molecular formula is C4H13NO5S. The third-order valence-corrected chi connectivity index (χ3v) is 0.462. The molecule has 0 fully saturated rings. The highest BCUT2D eigenvalue weighted by Crippen LogP contribution is 1.81. The molecule has 0 aliphatic carbocycles. The van der Waals surface area contributed by atoms with Crippen LogP contribution in [0.4, 0.5) is 0 Å². The van der Waals surface area contributed by atoms with Gasteiger partial charge in [0.1, 0.15) is 0 Å². The lowest BCUT2D eigenvalue weighted by atomic mass is 11.0. The normalized spacial score (nSPS) is 10.7. The molecule has 0 amide bonds. The molecule has 0 aromatic heterocycles. The fourth-order valence-electron chi connectivity index (χ4n) is 0.0860. The van der Waals surface area contributed by atoms with Crippen molar-refractivity contribution in [1.82, 2.24) is 4.90 Å². The van der Waals surface area contributed by atoms with Crippen LogP contribution in [-0.4, -0.2) is 46.1 Å². The molecule has 11 heavy (non-hydrogen) atoms. The molecule has 0 rings (SSSR count). The summed E-state index contributed by atoms with van der Waals surface area (Å²) < 4.78 is 29.8. The van der Waals surface area contributed by atoms with E-state index >= 15 is 0 Å². The molecule has 0 aliphatic rings. The van der Waals surface area contributed by atoms with Crippen LogP contribution in [0.1, 0.15) is 0 Å². The van der Waals surface area contributed by atoms with E-state index in [1.54, 1.807) is 0 Å². The zero-order valence-corrected chi connectivity index (χ0v) is 7.75. The molecule has 0 aromatic carbocycles. The molecule has 0 atom stereocenters. The van der Waals surface area contributed by atoms with Crippen molar-refractivity contribution in [1.29, 1.82) is 0 Å². The summed E-state index contributed by atoms with van der Waals surface area (Å²) >= 11 is 0. The Labute approximate surface area is 66.6 Å². The van der Waals surface area contributed by atoms with Crippen LogP contribution in [0, 0.1) is 0 Å². The van der Waals surface area contributed by atoms with Gasteiger partial charge in [-0.1, -0.05) is 4.33 Å². The number of hydrogen-bond acceptors (Lipinski definition) is 5. The van der Waals surface area contributed by atoms with Gasteiger partial charge in [-0.05, 0) is 21.1 Å². The van der Waals surface area contributed by atoms with E-state index in [-0.39, 0.29) is 0 Å². The summed E-state index contributed by atoms with van der Waals surface area (Å²) in [5, 5.41) is 0. The Morgan fingerprint density at radius 1 is 1.27 bits per heavy atom. The fourth-order valence-corrected chi connectivity index (χ4v) is 0.258. The summed E-state index contributed by atoms with van der Waals surface area (Å²) in [4.78, 5) is 5.57. The highest BCUT2D eigenvalue weighted by molar-refractivity contribution is 7.80. The number of hydrogen-bond donors (Lipinski definition) is 1. The van der Waals surface area contributed by atoms with Gasteiger partial charge in [-0.2, -0.15) is 8.42 Å². The van der Waals surface area contributed by atoms with Gasteiger partial charge in [0.05, 0.1) is 7.11 Å². The van der Waals surface area contributed by atoms with E-state index in [1.807, 2.05) is 26.0 Å². The van der Waals surface area contributed by atoms with Crippen molar-refractivity contribution in [2.24, 2.45) is 0 Å². The van der Waals surface area contributed by atoms with E-state index in [1.165, 1.54) is 0 Å². The first-order valence-corrected chi connectivity index (χ1v) is 3.96. The molecule has 0 bridgehead atoms. The highest BCUT2D eigenvalue weighted by Gasteiger charge is 2.00. The summed E-state index contributed by atoms with van der Waals surface area (Å²) in [6.45, 7) is 0. The van der Waals surface area contributed by atoms with E-state index in [9.17, 15) is 8.42 Å². The fraction of sp³-hybridized carbons (Fsp3) is 1.00. The van der Waals surface area contributed by atoms with Crippen LogP contribution < -0.4 is 0 Å². The Bertz CT molecular complexity index is 161. The van der Waals surface area contributed by atoms with Crippen LogP contribution in [0.15, 0.2) is 0 Å². The van der Waals surface area contributed by atoms with E-state index < -0.39 is 10.4 Å². The first-order valence-electron chi connectivity index (χ1n) is 2.60. The monoisotopic (exact) mass is 187 g/mol. The number of nitrogens with zero attached hydrogens (tertiary/aromatic N) is 1. The topological polar surface area (TPSA) is 76.1 Å². The standard InChI is InChI=1S/C3H9N.CH4O5S/c1-4(2)3;1-5-6-7(2,3)4/h1-3H3;1H3,(H,2,3,4). The first kappa shape index (κ1) is 13.4. The van der Waals surface area contributed by atoms with Crippen molar-refractivity contribution in [2.75, 3.05) is 28.3 Å². The Hall–Kier alpha value is -0.210. The van der Waals surface area contributed by atoms with Gasteiger partial charge in [0.15, 0.2) is 0 Å². The molecule has 1 N–H and O–H groups in total. The summed E-state index contributed by atoms with van der Waals surface area (Å²) in [6, 6.07) is 0. The zero-order chi connectivity index (χ0) is 9.49. The SMILES string of the molecule is CN(C)C.COOS(=O)(=O)O. The second-order valence-corrected chi connectivity index (χ2v) is 3.00. The summed E-state index contributed by atoms with van der Waals surface area (Å²) in [5.74, 6) is 0. The molecule has 0 heterocycles. The summed E-state index contributed by atoms with van der Waals surface area (Å²) in [7, 11) is 2.57. The molecule has 0 spiro atoms. The minimum Gasteiger partial charge on any atom is -0.312 e. The highest BCUT2D eigenvalue weighted by atomic mass is 32.3. The molecule has 7 heteroatoms. The molecule has 0 saturated carbocycles. The number of rotatable bonds is 2. The van der Waals surface area contributed by atoms with Gasteiger partial charge >= 0.3 is 10.4 Å². The Morgan fingerprint density at radius 3 is 1.55 bits per heavy atom. The molecule has 0 unspecified atom stereocenters. The smallest absolute Gasteiger partial charge is 0.312 e. The Kier molecular flexibility index (Phi) is 7.91. The Balaban J connectivity index is 0. The van der Waals surface area contributed by atoms with Crippen LogP contribution in [0.2, 0.25) is 0 Å². The van der Waals surface area contributed by atoms with Gasteiger partial charge in [0.2, 0.25) is 0 Å². The van der Waals surface area contributed by atoms with Crippen molar-refractivity contribution in [3.8, 4) is 0 Å². The minimum absolute atomic E-state index is 0.966. The van der Waals surface area contributed by atoms with Gasteiger partial charge in [-0.15, -0.1) is 0 Å². The van der Waals surface area contributed by atoms with E-state index in [0.29, 0.717) is 0 Å². The van der Waals surface area contributed by atoms with Gasteiger partial charge in [-0.25, -0.2) is 4.89 Å². The largest absolute Gasteiger partial charge is 0.424 e. The maximum atomic E-state index is 9.44. The van der Waals surface area contributed by atoms with Crippen molar-refractivity contribution in [2.45, 2.75) is 0 Å². The van der Waals surface area contributed by atoms with Crippen LogP contribution in [0.3, 0.4) is 0 Å². The molecule has 70 valence electrons. The molecular weight excluding hydrogens is 174 g/mol. The average Bonchev–Trinajstić information content (AvgIpc) is 1.58. The molecule has 0 aliphatic heterocycles. The summed E-state index contributed by atoms with van der Waals surface area (Å²) in [6.07, 6.45) is 0. The maximum Gasteiger partial charge on any atom is 0.424 e. The van der Waals surface area contributed by atoms with Crippen LogP contribution in [0.5, 0.6) is 0 Å². The minimum atomic E-state index is -4.40. The van der Waals surface area contributed by atoms with Gasteiger partial charge < -0.3 is 4.90 Å². The van der Waals surface area contributed by atoms with Crippen LogP contribution >= 0.6 is 0 Å². The van der Waals surface area contributed by atoms with Crippen molar-refractivity contribution in [3.63, 3.8) is 0 Å². The molecule has 0 saturated heterocycles. The lowest BCUT2D eigenvalue weighted by Crippen LogP contribution is -2.00. The van der Waals surface area contributed by atoms with Crippen molar-refractivity contribution >= 4 is 10.4 Å². The molecule has 0 radical (unpaired) electrons. The maximum absolute atomic E-state index is 9.44. The van der Waals surface area contributed by atoms with Crippen LogP contribution in [0.25, 0.3) is 0 Å². The second-order valence-electron chi connectivity index (χ2n) is 2.00. The predicted molar refractivity (Wildman–Crippen MR) is 39.3 cm³/mol. The first-order chi connectivity index (χ1) is 4.79. The van der Waals surface area contributed by atoms with Gasteiger partial charge in [0.25, 0.3) is 0 Å². The summed E-state index contributed by atoms with van der Waals surface area (Å²) in [5.41, 5.74) is 0. The quantitative estimate of drug-likeness (QED) is 0.358. The lowest BCUT2D eigenvalue weighted by Gasteiger charge is -1.90. The lowest BCUT2D eigenvalue weighted by molar-refractivity contribution is -0.179. The molecule has 6 nitrogen and oxygen atoms in total. The third kappa shape index (κ3) is 41.4.